The van der Waals surface area contributed by atoms with Gasteiger partial charge in [-0.15, -0.1) is 0 Å². The number of nitro groups is 1. The average Bonchev–Trinajstić information content (AvgIpc) is 3.82. The van der Waals surface area contributed by atoms with Crippen molar-refractivity contribution < 1.29 is 37.0 Å². The van der Waals surface area contributed by atoms with Gasteiger partial charge in [0.2, 0.25) is 27.8 Å². The number of ether oxygens (including phenoxy) is 2. The lowest BCUT2D eigenvalue weighted by Crippen LogP contribution is -2.38. The molecule has 21 heteroatoms. The topological polar surface area (TPSA) is 268 Å². The Balaban J connectivity index is 1.03. The van der Waals surface area contributed by atoms with E-state index in [4.69, 9.17) is 19.8 Å². The maximum absolute atomic E-state index is 13.5. The highest BCUT2D eigenvalue weighted by Gasteiger charge is 2.29. The third-order valence-electron chi connectivity index (χ3n) is 7.71. The van der Waals surface area contributed by atoms with Gasteiger partial charge >= 0.3 is 6.09 Å². The number of carbonyl (C=O) groups is 2. The van der Waals surface area contributed by atoms with Crippen LogP contribution in [-0.2, 0) is 39.3 Å². The fraction of sp³-hybridized carbons (Fsp3) is 0.194. The molecule has 0 aliphatic rings. The van der Waals surface area contributed by atoms with Crippen LogP contribution in [0.15, 0.2) is 76.5 Å². The number of nitrogens with one attached hydrogen (secondary N) is 2. The van der Waals surface area contributed by atoms with Gasteiger partial charge in [0, 0.05) is 32.8 Å². The van der Waals surface area contributed by atoms with E-state index >= 15 is 0 Å². The molecule has 6 rings (SSSR count). The van der Waals surface area contributed by atoms with Gasteiger partial charge in [-0.25, -0.2) is 22.8 Å². The molecule has 20 nitrogen and oxygen atoms in total. The number of non-ortho nitro benzene ring substituents is 1. The Labute approximate surface area is 293 Å². The smallest absolute Gasteiger partial charge is 0.414 e. The van der Waals surface area contributed by atoms with Crippen molar-refractivity contribution >= 4 is 61.5 Å². The highest BCUT2D eigenvalue weighted by Crippen LogP contribution is 2.31. The molecule has 3 heterocycles. The van der Waals surface area contributed by atoms with Gasteiger partial charge in [0.25, 0.3) is 5.69 Å². The number of nitrogens with zero attached hydrogens (tertiary/aromatic N) is 8. The molecule has 2 amide bonds. The molecule has 3 aromatic carbocycles. The van der Waals surface area contributed by atoms with E-state index < -0.39 is 33.5 Å². The minimum absolute atomic E-state index is 0.0311. The fourth-order valence-electron chi connectivity index (χ4n) is 4.91. The van der Waals surface area contributed by atoms with E-state index in [9.17, 15) is 28.1 Å². The van der Waals surface area contributed by atoms with Gasteiger partial charge in [-0.1, -0.05) is 24.3 Å². The monoisotopic (exact) mass is 731 g/mol. The molecule has 52 heavy (non-hydrogen) atoms. The zero-order chi connectivity index (χ0) is 37.0. The standard InChI is InChI=1S/C31H29N11O9S/c1-40(14-24(43)33-13-18-3-5-19(6-4-18)15-49-29-27-28(35-17-34-27)36-30(32)37-29)52(47,48)23-12-11-22(25-26(23)39-51-38-25)41(2)31(44)50-16-20-7-9-21(10-8-20)42(45)46/h3-12,17H,13-16H2,1-2H3,(H,33,43)(H3,32,34,35,36,37). The largest absolute Gasteiger partial charge is 0.471 e. The Morgan fingerprint density at radius 1 is 0.962 bits per heavy atom. The number of nitro benzene ring substituents is 1. The van der Waals surface area contributed by atoms with Gasteiger partial charge in [-0.2, -0.15) is 14.3 Å². The summed E-state index contributed by atoms with van der Waals surface area (Å²) in [4.78, 5) is 51.8. The van der Waals surface area contributed by atoms with Crippen LogP contribution >= 0.6 is 0 Å². The molecule has 0 saturated carbocycles. The van der Waals surface area contributed by atoms with Crippen LogP contribution in [-0.4, -0.2) is 80.5 Å². The third-order valence-corrected chi connectivity index (χ3v) is 9.55. The summed E-state index contributed by atoms with van der Waals surface area (Å²) in [5, 5.41) is 21.1. The lowest BCUT2D eigenvalue weighted by Gasteiger charge is -2.19. The quantitative estimate of drug-likeness (QED) is 0.114. The first-order valence-corrected chi connectivity index (χ1v) is 16.6. The van der Waals surface area contributed by atoms with E-state index in [2.05, 4.69) is 35.6 Å². The summed E-state index contributed by atoms with van der Waals surface area (Å²) < 4.78 is 43.8. The third kappa shape index (κ3) is 7.53. The maximum atomic E-state index is 13.5. The van der Waals surface area contributed by atoms with Crippen molar-refractivity contribution in [2.45, 2.75) is 24.7 Å². The second-order valence-electron chi connectivity index (χ2n) is 11.2. The zero-order valence-corrected chi connectivity index (χ0v) is 28.2. The molecule has 4 N–H and O–H groups in total. The zero-order valence-electron chi connectivity index (χ0n) is 27.4. The number of aromatic amines is 1. The van der Waals surface area contributed by atoms with Crippen LogP contribution in [0.5, 0.6) is 5.88 Å². The van der Waals surface area contributed by atoms with Crippen molar-refractivity contribution in [1.29, 1.82) is 0 Å². The first kappa shape index (κ1) is 35.1. The highest BCUT2D eigenvalue weighted by molar-refractivity contribution is 7.89. The molecule has 3 aromatic heterocycles. The Morgan fingerprint density at radius 2 is 1.63 bits per heavy atom. The number of amides is 2. The Kier molecular flexibility index (Phi) is 9.87. The van der Waals surface area contributed by atoms with E-state index in [1.807, 2.05) is 12.1 Å². The minimum atomic E-state index is -4.29. The molecule has 0 aliphatic carbocycles. The molecule has 0 spiro atoms. The van der Waals surface area contributed by atoms with Crippen LogP contribution in [0.1, 0.15) is 16.7 Å². The first-order chi connectivity index (χ1) is 24.9. The number of H-pyrrole nitrogens is 1. The van der Waals surface area contributed by atoms with Crippen LogP contribution < -0.4 is 20.7 Å². The second-order valence-corrected chi connectivity index (χ2v) is 13.2. The summed E-state index contributed by atoms with van der Waals surface area (Å²) in [5.41, 5.74) is 8.53. The van der Waals surface area contributed by atoms with Crippen LogP contribution in [0.3, 0.4) is 0 Å². The van der Waals surface area contributed by atoms with Gasteiger partial charge < -0.3 is 25.5 Å². The number of anilines is 2. The van der Waals surface area contributed by atoms with Crippen LogP contribution in [0.25, 0.3) is 22.2 Å². The SMILES string of the molecule is CN(C(=O)OCc1ccc([N+](=O)[O-])cc1)c1ccc(S(=O)(=O)N(C)CC(=O)NCc2ccc(COc3nc(N)nc4nc[nH]c34)cc2)c2nonc12. The molecule has 268 valence electrons. The van der Waals surface area contributed by atoms with Gasteiger partial charge in [-0.05, 0) is 51.3 Å². The number of aromatic nitrogens is 6. The molecule has 0 aliphatic heterocycles. The van der Waals surface area contributed by atoms with Crippen molar-refractivity contribution in [1.82, 2.24) is 39.9 Å². The molecule has 6 aromatic rings. The van der Waals surface area contributed by atoms with E-state index in [0.717, 1.165) is 20.3 Å². The van der Waals surface area contributed by atoms with E-state index in [1.54, 1.807) is 12.1 Å². The molecule has 0 saturated heterocycles. The molecule has 0 unspecified atom stereocenters. The maximum Gasteiger partial charge on any atom is 0.414 e. The number of sulfonamides is 1. The predicted molar refractivity (Wildman–Crippen MR) is 182 cm³/mol. The van der Waals surface area contributed by atoms with Gasteiger partial charge in [0.1, 0.15) is 23.6 Å². The van der Waals surface area contributed by atoms with Crippen molar-refractivity contribution in [3.05, 3.63) is 93.8 Å². The lowest BCUT2D eigenvalue weighted by molar-refractivity contribution is -0.384. The number of hydrogen-bond acceptors (Lipinski definition) is 15. The van der Waals surface area contributed by atoms with Crippen molar-refractivity contribution in [2.75, 3.05) is 31.3 Å². The molecule has 0 fully saturated rings. The summed E-state index contributed by atoms with van der Waals surface area (Å²) in [6.45, 7) is -0.385. The second kappa shape index (κ2) is 14.6. The van der Waals surface area contributed by atoms with Gasteiger partial charge in [-0.3, -0.25) is 19.8 Å². The first-order valence-electron chi connectivity index (χ1n) is 15.2. The summed E-state index contributed by atoms with van der Waals surface area (Å²) in [7, 11) is -1.67. The predicted octanol–water partition coefficient (Wildman–Crippen LogP) is 2.67. The number of benzene rings is 3. The average molecular weight is 732 g/mol. The van der Waals surface area contributed by atoms with Crippen LogP contribution in [0.2, 0.25) is 0 Å². The number of likely N-dealkylation sites (N-methyl/N-ethyl adjacent to an activating group) is 1. The number of carbonyl (C=O) groups excluding carboxylic acids is 2. The number of rotatable bonds is 13. The Morgan fingerprint density at radius 3 is 2.37 bits per heavy atom. The number of fused-ring (bicyclic) bond motifs is 2. The van der Waals surface area contributed by atoms with Crippen molar-refractivity contribution in [2.24, 2.45) is 0 Å². The number of nitrogen functional groups attached to an aromatic ring is 1. The normalized spacial score (nSPS) is 11.5. The summed E-state index contributed by atoms with van der Waals surface area (Å²) in [5.74, 6) is -0.272. The van der Waals surface area contributed by atoms with E-state index in [0.29, 0.717) is 16.7 Å². The van der Waals surface area contributed by atoms with E-state index in [1.165, 1.54) is 56.8 Å². The minimum Gasteiger partial charge on any atom is -0.471 e. The molecular weight excluding hydrogens is 702 g/mol. The summed E-state index contributed by atoms with van der Waals surface area (Å²) in [6, 6.07) is 15.2. The molecular formula is C31H29N11O9S. The molecule has 0 radical (unpaired) electrons. The highest BCUT2D eigenvalue weighted by atomic mass is 32.2. The van der Waals surface area contributed by atoms with Gasteiger partial charge in [0.15, 0.2) is 16.7 Å². The number of imidazole rings is 1. The Bertz CT molecular complexity index is 2380. The van der Waals surface area contributed by atoms with Crippen molar-refractivity contribution in [3.63, 3.8) is 0 Å². The van der Waals surface area contributed by atoms with Crippen LogP contribution in [0, 0.1) is 10.1 Å². The molecule has 0 atom stereocenters. The number of hydrogen-bond donors (Lipinski definition) is 3. The Hall–Kier alpha value is -6.74. The van der Waals surface area contributed by atoms with Crippen molar-refractivity contribution in [3.8, 4) is 5.88 Å². The fourth-order valence-corrected chi connectivity index (χ4v) is 6.15. The molecule has 0 bridgehead atoms. The van der Waals surface area contributed by atoms with E-state index in [-0.39, 0.29) is 58.9 Å². The summed E-state index contributed by atoms with van der Waals surface area (Å²) >= 11 is 0. The van der Waals surface area contributed by atoms with Crippen LogP contribution in [0.4, 0.5) is 22.1 Å². The lowest BCUT2D eigenvalue weighted by atomic mass is 10.1. The van der Waals surface area contributed by atoms with Gasteiger partial charge in [0.05, 0.1) is 23.5 Å². The number of nitrogens with two attached hydrogens (primary N) is 1. The summed E-state index contributed by atoms with van der Waals surface area (Å²) in [6.07, 6.45) is 0.642.